The summed E-state index contributed by atoms with van der Waals surface area (Å²) in [5, 5.41) is 18.0. The maximum Gasteiger partial charge on any atom is 0.338 e. The first-order valence-electron chi connectivity index (χ1n) is 4.59. The van der Waals surface area contributed by atoms with Crippen LogP contribution in [0.2, 0.25) is 0 Å². The van der Waals surface area contributed by atoms with E-state index in [4.69, 9.17) is 5.11 Å². The van der Waals surface area contributed by atoms with Crippen LogP contribution in [0, 0.1) is 5.82 Å². The average Bonchev–Trinajstić information content (AvgIpc) is 2.58. The number of aromatic carboxylic acids is 1. The first-order chi connectivity index (χ1) is 7.49. The Labute approximate surface area is 89.6 Å². The summed E-state index contributed by atoms with van der Waals surface area (Å²) in [7, 11) is 0. The van der Waals surface area contributed by atoms with Crippen LogP contribution in [0.25, 0.3) is 11.0 Å². The molecule has 0 aliphatic heterocycles. The monoisotopic (exact) mass is 224 g/mol. The van der Waals surface area contributed by atoms with Gasteiger partial charge in [0.15, 0.2) is 0 Å². The van der Waals surface area contributed by atoms with Gasteiger partial charge in [-0.15, -0.1) is 0 Å². The smallest absolute Gasteiger partial charge is 0.338 e. The summed E-state index contributed by atoms with van der Waals surface area (Å²) in [6.07, 6.45) is -0.816. The molecule has 0 radical (unpaired) electrons. The van der Waals surface area contributed by atoms with Crippen LogP contribution in [0.3, 0.4) is 0 Å². The second-order valence-corrected chi connectivity index (χ2v) is 3.45. The summed E-state index contributed by atoms with van der Waals surface area (Å²) in [5.41, 5.74) is 0.240. The quantitative estimate of drug-likeness (QED) is 0.720. The lowest BCUT2D eigenvalue weighted by atomic mass is 10.2. The van der Waals surface area contributed by atoms with Crippen molar-refractivity contribution in [2.75, 3.05) is 0 Å². The van der Waals surface area contributed by atoms with Crippen molar-refractivity contribution in [3.05, 3.63) is 29.3 Å². The highest BCUT2D eigenvalue weighted by atomic mass is 19.1. The Morgan fingerprint density at radius 1 is 1.56 bits per heavy atom. The SMILES string of the molecule is CC(O)c1nc2cc(C(=O)O)c(F)cc2[nH]1. The Morgan fingerprint density at radius 3 is 2.81 bits per heavy atom. The molecule has 2 aromatic rings. The molecule has 0 saturated carbocycles. The minimum atomic E-state index is -1.35. The Balaban J connectivity index is 2.65. The molecule has 0 fully saturated rings. The number of nitrogens with one attached hydrogen (secondary N) is 1. The number of hydrogen-bond donors (Lipinski definition) is 3. The number of imidazole rings is 1. The van der Waals surface area contributed by atoms with Crippen molar-refractivity contribution < 1.29 is 19.4 Å². The second kappa shape index (κ2) is 3.57. The highest BCUT2D eigenvalue weighted by Gasteiger charge is 2.15. The summed E-state index contributed by atoms with van der Waals surface area (Å²) < 4.78 is 13.3. The van der Waals surface area contributed by atoms with Crippen molar-refractivity contribution in [1.82, 2.24) is 9.97 Å². The van der Waals surface area contributed by atoms with Crippen LogP contribution in [-0.4, -0.2) is 26.2 Å². The molecule has 0 bridgehead atoms. The predicted molar refractivity (Wildman–Crippen MR) is 53.6 cm³/mol. The van der Waals surface area contributed by atoms with Gasteiger partial charge < -0.3 is 15.2 Å². The van der Waals surface area contributed by atoms with Crippen LogP contribution in [0.1, 0.15) is 29.2 Å². The third kappa shape index (κ3) is 1.63. The van der Waals surface area contributed by atoms with Crippen LogP contribution in [0.15, 0.2) is 12.1 Å². The van der Waals surface area contributed by atoms with Crippen molar-refractivity contribution >= 4 is 17.0 Å². The van der Waals surface area contributed by atoms with E-state index in [1.165, 1.54) is 6.92 Å². The van der Waals surface area contributed by atoms with E-state index >= 15 is 0 Å². The molecule has 3 N–H and O–H groups in total. The molecular formula is C10H9FN2O3. The van der Waals surface area contributed by atoms with Crippen molar-refractivity contribution in [2.45, 2.75) is 13.0 Å². The maximum absolute atomic E-state index is 13.3. The number of halogens is 1. The zero-order valence-electron chi connectivity index (χ0n) is 8.36. The summed E-state index contributed by atoms with van der Waals surface area (Å²) in [6.45, 7) is 1.51. The normalized spacial score (nSPS) is 12.9. The zero-order valence-corrected chi connectivity index (χ0v) is 8.36. The van der Waals surface area contributed by atoms with Crippen LogP contribution in [0.5, 0.6) is 0 Å². The van der Waals surface area contributed by atoms with Crippen LogP contribution in [-0.2, 0) is 0 Å². The van der Waals surface area contributed by atoms with Crippen molar-refractivity contribution in [3.63, 3.8) is 0 Å². The van der Waals surface area contributed by atoms with Crippen LogP contribution >= 0.6 is 0 Å². The molecule has 0 aliphatic rings. The van der Waals surface area contributed by atoms with Crippen molar-refractivity contribution in [3.8, 4) is 0 Å². The molecule has 0 amide bonds. The maximum atomic E-state index is 13.3. The number of carboxylic acids is 1. The first-order valence-corrected chi connectivity index (χ1v) is 4.59. The molecule has 0 spiro atoms. The number of nitrogens with zero attached hydrogens (tertiary/aromatic N) is 1. The molecular weight excluding hydrogens is 215 g/mol. The second-order valence-electron chi connectivity index (χ2n) is 3.45. The number of aromatic amines is 1. The van der Waals surface area contributed by atoms with E-state index in [9.17, 15) is 14.3 Å². The lowest BCUT2D eigenvalue weighted by Crippen LogP contribution is -1.99. The molecule has 1 heterocycles. The summed E-state index contributed by atoms with van der Waals surface area (Å²) in [5.74, 6) is -1.90. The number of rotatable bonds is 2. The number of carbonyl (C=O) groups is 1. The number of aromatic nitrogens is 2. The number of benzene rings is 1. The van der Waals surface area contributed by atoms with Gasteiger partial charge in [-0.05, 0) is 13.0 Å². The fourth-order valence-corrected chi connectivity index (χ4v) is 1.41. The highest BCUT2D eigenvalue weighted by Crippen LogP contribution is 2.19. The summed E-state index contributed by atoms with van der Waals surface area (Å²) >= 11 is 0. The minimum Gasteiger partial charge on any atom is -0.478 e. The summed E-state index contributed by atoms with van der Waals surface area (Å²) in [4.78, 5) is 17.3. The van der Waals surface area contributed by atoms with Gasteiger partial charge in [-0.3, -0.25) is 0 Å². The zero-order chi connectivity index (χ0) is 11.9. The fraction of sp³-hybridized carbons (Fsp3) is 0.200. The van der Waals surface area contributed by atoms with Gasteiger partial charge in [0, 0.05) is 6.07 Å². The van der Waals surface area contributed by atoms with E-state index in [0.717, 1.165) is 12.1 Å². The molecule has 84 valence electrons. The standard InChI is InChI=1S/C10H9FN2O3/c1-4(14)9-12-7-2-5(10(15)16)6(11)3-8(7)13-9/h2-4,14H,1H3,(H,12,13)(H,15,16). The lowest BCUT2D eigenvalue weighted by Gasteiger charge is -1.96. The third-order valence-corrected chi connectivity index (χ3v) is 2.22. The van der Waals surface area contributed by atoms with Crippen LogP contribution in [0.4, 0.5) is 4.39 Å². The van der Waals surface area contributed by atoms with Gasteiger partial charge in [-0.2, -0.15) is 0 Å². The fourth-order valence-electron chi connectivity index (χ4n) is 1.41. The van der Waals surface area contributed by atoms with Gasteiger partial charge in [0.2, 0.25) is 0 Å². The molecule has 1 aromatic carbocycles. The molecule has 6 heteroatoms. The summed E-state index contributed by atoms with van der Waals surface area (Å²) in [6, 6.07) is 2.19. The highest BCUT2D eigenvalue weighted by molar-refractivity contribution is 5.92. The number of fused-ring (bicyclic) bond motifs is 1. The Bertz CT molecular complexity index is 562. The third-order valence-electron chi connectivity index (χ3n) is 2.22. The number of H-pyrrole nitrogens is 1. The minimum absolute atomic E-state index is 0.275. The van der Waals surface area contributed by atoms with E-state index in [0.29, 0.717) is 11.0 Å². The van der Waals surface area contributed by atoms with Gasteiger partial charge >= 0.3 is 5.97 Å². The molecule has 5 nitrogen and oxygen atoms in total. The van der Waals surface area contributed by atoms with Crippen molar-refractivity contribution in [1.29, 1.82) is 0 Å². The van der Waals surface area contributed by atoms with Gasteiger partial charge in [0.05, 0.1) is 16.6 Å². The van der Waals surface area contributed by atoms with Gasteiger partial charge in [-0.25, -0.2) is 14.2 Å². The molecule has 0 saturated heterocycles. The van der Waals surface area contributed by atoms with E-state index < -0.39 is 23.5 Å². The van der Waals surface area contributed by atoms with E-state index in [2.05, 4.69) is 9.97 Å². The number of carboxylic acid groups (broad SMARTS) is 1. The first kappa shape index (κ1) is 10.6. The molecule has 2 rings (SSSR count). The average molecular weight is 224 g/mol. The van der Waals surface area contributed by atoms with Gasteiger partial charge in [0.1, 0.15) is 17.7 Å². The number of aliphatic hydroxyl groups is 1. The van der Waals surface area contributed by atoms with E-state index in [-0.39, 0.29) is 5.82 Å². The Kier molecular flexibility index (Phi) is 2.35. The van der Waals surface area contributed by atoms with E-state index in [1.54, 1.807) is 0 Å². The molecule has 1 aromatic heterocycles. The molecule has 16 heavy (non-hydrogen) atoms. The van der Waals surface area contributed by atoms with Gasteiger partial charge in [-0.1, -0.05) is 0 Å². The van der Waals surface area contributed by atoms with E-state index in [1.807, 2.05) is 0 Å². The Morgan fingerprint density at radius 2 is 2.25 bits per heavy atom. The predicted octanol–water partition coefficient (Wildman–Crippen LogP) is 1.45. The number of hydrogen-bond acceptors (Lipinski definition) is 3. The molecule has 0 aliphatic carbocycles. The van der Waals surface area contributed by atoms with Crippen LogP contribution < -0.4 is 0 Å². The topological polar surface area (TPSA) is 86.2 Å². The Hall–Kier alpha value is -1.95. The molecule has 1 atom stereocenters. The van der Waals surface area contributed by atoms with Gasteiger partial charge in [0.25, 0.3) is 0 Å². The lowest BCUT2D eigenvalue weighted by molar-refractivity contribution is 0.0692. The molecule has 1 unspecified atom stereocenters. The largest absolute Gasteiger partial charge is 0.478 e. The van der Waals surface area contributed by atoms with Crippen molar-refractivity contribution in [2.24, 2.45) is 0 Å². The number of aliphatic hydroxyl groups excluding tert-OH is 1.